The maximum absolute atomic E-state index is 12.7. The number of fused-ring (bicyclic) bond motifs is 2. The largest absolute Gasteiger partial charge is 0.508 e. The Morgan fingerprint density at radius 3 is 2.68 bits per heavy atom. The van der Waals surface area contributed by atoms with Gasteiger partial charge in [0.1, 0.15) is 11.3 Å². The maximum atomic E-state index is 12.7. The van der Waals surface area contributed by atoms with E-state index >= 15 is 0 Å². The Labute approximate surface area is 161 Å². The van der Waals surface area contributed by atoms with Gasteiger partial charge in [0.25, 0.3) is 5.91 Å². The van der Waals surface area contributed by atoms with E-state index in [9.17, 15) is 24.9 Å². The van der Waals surface area contributed by atoms with Gasteiger partial charge in [-0.05, 0) is 56.0 Å². The molecule has 2 saturated carbocycles. The van der Waals surface area contributed by atoms with E-state index in [0.29, 0.717) is 36.9 Å². The average Bonchev–Trinajstić information content (AvgIpc) is 2.97. The third-order valence-electron chi connectivity index (χ3n) is 8.38. The van der Waals surface area contributed by atoms with Crippen LogP contribution in [0.1, 0.15) is 42.9 Å². The van der Waals surface area contributed by atoms with Gasteiger partial charge in [-0.15, -0.1) is 0 Å². The van der Waals surface area contributed by atoms with E-state index in [0.717, 1.165) is 0 Å². The molecule has 1 aromatic rings. The van der Waals surface area contributed by atoms with Gasteiger partial charge < -0.3 is 20.6 Å². The molecule has 3 aliphatic carbocycles. The number of aliphatic hydroxyl groups excluding tert-OH is 1. The summed E-state index contributed by atoms with van der Waals surface area (Å²) in [5.41, 5.74) is -2.14. The van der Waals surface area contributed by atoms with Gasteiger partial charge in [-0.2, -0.15) is 0 Å². The lowest BCUT2D eigenvalue weighted by Gasteiger charge is -2.58. The Balaban J connectivity index is 1.62. The molecule has 8 nitrogen and oxygen atoms in total. The van der Waals surface area contributed by atoms with Crippen molar-refractivity contribution in [3.63, 3.8) is 0 Å². The van der Waals surface area contributed by atoms with Crippen LogP contribution < -0.4 is 10.6 Å². The number of benzene rings is 1. The third-order valence-corrected chi connectivity index (χ3v) is 8.38. The van der Waals surface area contributed by atoms with Crippen molar-refractivity contribution in [1.82, 2.24) is 15.5 Å². The topological polar surface area (TPSA) is 122 Å². The monoisotopic (exact) mass is 385 g/mol. The molecule has 6 atom stereocenters. The molecule has 6 rings (SSSR count). The second kappa shape index (κ2) is 4.53. The summed E-state index contributed by atoms with van der Waals surface area (Å²) in [4.78, 5) is 26.7. The van der Waals surface area contributed by atoms with Crippen molar-refractivity contribution in [3.8, 4) is 5.75 Å². The molecule has 2 heterocycles. The molecular weight excluding hydrogens is 362 g/mol. The van der Waals surface area contributed by atoms with Gasteiger partial charge in [-0.25, -0.2) is 4.79 Å². The number of likely N-dealkylation sites (tertiary alicyclic amines) is 1. The highest BCUT2D eigenvalue weighted by molar-refractivity contribution is 6.07. The van der Waals surface area contributed by atoms with Gasteiger partial charge in [0.05, 0.1) is 11.7 Å². The molecule has 148 valence electrons. The number of aromatic hydroxyl groups is 1. The Hall–Kier alpha value is -2.16. The molecule has 0 aromatic heterocycles. The molecule has 3 amide bonds. The van der Waals surface area contributed by atoms with Crippen LogP contribution in [0.15, 0.2) is 18.2 Å². The van der Waals surface area contributed by atoms with E-state index < -0.39 is 34.1 Å². The number of hydrogen-bond donors (Lipinski definition) is 5. The Bertz CT molecular complexity index is 967. The van der Waals surface area contributed by atoms with E-state index in [1.807, 2.05) is 7.05 Å². The lowest BCUT2D eigenvalue weighted by Crippen LogP contribution is -2.71. The highest BCUT2D eigenvalue weighted by atomic mass is 16.3. The van der Waals surface area contributed by atoms with Crippen molar-refractivity contribution in [2.24, 2.45) is 5.41 Å². The van der Waals surface area contributed by atoms with Gasteiger partial charge in [0.15, 0.2) is 0 Å². The summed E-state index contributed by atoms with van der Waals surface area (Å²) in [6.07, 6.45) is 0.705. The van der Waals surface area contributed by atoms with Crippen LogP contribution in [0, 0.1) is 5.41 Å². The zero-order chi connectivity index (χ0) is 19.7. The summed E-state index contributed by atoms with van der Waals surface area (Å²) in [6.45, 7) is 0.661. The molecule has 6 unspecified atom stereocenters. The summed E-state index contributed by atoms with van der Waals surface area (Å²) < 4.78 is 0. The molecule has 4 fully saturated rings. The predicted molar refractivity (Wildman–Crippen MR) is 96.4 cm³/mol. The lowest BCUT2D eigenvalue weighted by molar-refractivity contribution is -0.180. The van der Waals surface area contributed by atoms with Crippen LogP contribution in [0.4, 0.5) is 4.79 Å². The summed E-state index contributed by atoms with van der Waals surface area (Å²) in [5.74, 6) is -0.297. The van der Waals surface area contributed by atoms with E-state index in [1.165, 1.54) is 0 Å². The first-order valence-electron chi connectivity index (χ1n) is 9.75. The van der Waals surface area contributed by atoms with Crippen LogP contribution >= 0.6 is 0 Å². The minimum absolute atomic E-state index is 0.0609. The molecule has 5 N–H and O–H groups in total. The van der Waals surface area contributed by atoms with Crippen molar-refractivity contribution in [1.29, 1.82) is 0 Å². The number of nitrogens with zero attached hydrogens (tertiary/aromatic N) is 1. The first-order chi connectivity index (χ1) is 13.2. The first kappa shape index (κ1) is 16.8. The second-order valence-corrected chi connectivity index (χ2v) is 9.58. The predicted octanol–water partition coefficient (Wildman–Crippen LogP) is -0.126. The minimum Gasteiger partial charge on any atom is -0.508 e. The summed E-state index contributed by atoms with van der Waals surface area (Å²) in [7, 11) is 1.95. The average molecular weight is 385 g/mol. The van der Waals surface area contributed by atoms with Crippen molar-refractivity contribution in [2.75, 3.05) is 13.6 Å². The number of phenols is 1. The van der Waals surface area contributed by atoms with Gasteiger partial charge >= 0.3 is 6.03 Å². The molecular formula is C20H23N3O5. The van der Waals surface area contributed by atoms with E-state index in [2.05, 4.69) is 15.5 Å². The third kappa shape index (κ3) is 1.51. The number of urea groups is 1. The molecule has 5 aliphatic rings. The lowest BCUT2D eigenvalue weighted by atomic mass is 9.54. The number of rotatable bonds is 0. The SMILES string of the molecule is CN1CC23CC4(CC5(CCC4(O)C12)NC(=O)NC5=O)c1cc(O)ccc1C3O. The van der Waals surface area contributed by atoms with Crippen LogP contribution in [0.2, 0.25) is 0 Å². The number of carbonyl (C=O) groups excluding carboxylic acids is 2. The molecule has 2 saturated heterocycles. The van der Waals surface area contributed by atoms with Crippen molar-refractivity contribution >= 4 is 11.9 Å². The fourth-order valence-electron chi connectivity index (χ4n) is 7.63. The Morgan fingerprint density at radius 1 is 1.21 bits per heavy atom. The fourth-order valence-corrected chi connectivity index (χ4v) is 7.63. The number of hydrogen-bond acceptors (Lipinski definition) is 6. The number of carbonyl (C=O) groups is 2. The zero-order valence-corrected chi connectivity index (χ0v) is 15.5. The number of likely N-dealkylation sites (N-methyl/N-ethyl adjacent to an activating group) is 1. The molecule has 2 bridgehead atoms. The van der Waals surface area contributed by atoms with Gasteiger partial charge in [-0.3, -0.25) is 15.0 Å². The molecule has 8 heteroatoms. The van der Waals surface area contributed by atoms with E-state index in [-0.39, 0.29) is 24.1 Å². The number of imide groups is 1. The Kier molecular flexibility index (Phi) is 2.71. The fraction of sp³-hybridized carbons (Fsp3) is 0.600. The summed E-state index contributed by atoms with van der Waals surface area (Å²) >= 11 is 0. The number of phenolic OH excluding ortho intramolecular Hbond substituents is 1. The highest BCUT2D eigenvalue weighted by Crippen LogP contribution is 2.74. The van der Waals surface area contributed by atoms with Crippen LogP contribution in [0.25, 0.3) is 0 Å². The molecule has 28 heavy (non-hydrogen) atoms. The van der Waals surface area contributed by atoms with Crippen LogP contribution in [-0.2, 0) is 10.2 Å². The summed E-state index contributed by atoms with van der Waals surface area (Å²) in [5, 5.41) is 38.7. The van der Waals surface area contributed by atoms with Gasteiger partial charge in [-0.1, -0.05) is 6.07 Å². The van der Waals surface area contributed by atoms with Gasteiger partial charge in [0.2, 0.25) is 0 Å². The molecule has 0 radical (unpaired) electrons. The summed E-state index contributed by atoms with van der Waals surface area (Å²) in [6, 6.07) is 4.16. The zero-order valence-electron chi connectivity index (χ0n) is 15.5. The molecule has 2 aliphatic heterocycles. The number of aliphatic hydroxyl groups is 2. The van der Waals surface area contributed by atoms with Crippen molar-refractivity contribution in [3.05, 3.63) is 29.3 Å². The number of nitrogens with one attached hydrogen (secondary N) is 2. The van der Waals surface area contributed by atoms with Crippen molar-refractivity contribution in [2.45, 2.75) is 54.4 Å². The number of amides is 3. The second-order valence-electron chi connectivity index (χ2n) is 9.58. The normalized spacial score (nSPS) is 48.4. The van der Waals surface area contributed by atoms with Gasteiger partial charge in [0, 0.05) is 23.4 Å². The van der Waals surface area contributed by atoms with E-state index in [4.69, 9.17) is 0 Å². The van der Waals surface area contributed by atoms with E-state index in [1.54, 1.807) is 18.2 Å². The van der Waals surface area contributed by atoms with Crippen LogP contribution in [0.3, 0.4) is 0 Å². The quantitative estimate of drug-likeness (QED) is 0.397. The maximum Gasteiger partial charge on any atom is 0.322 e. The molecule has 3 spiro atoms. The standard InChI is InChI=1S/C20H23N3O5/c1-23-9-17-7-18(12-6-10(24)2-3-11(12)13(17)25)8-19(15(26)21-16(27)22-19)4-5-20(18,28)14(17)23/h2-3,6,13-14,24-25,28H,4-5,7-9H2,1H3,(H2,21,22,26,27). The smallest absolute Gasteiger partial charge is 0.322 e. The highest BCUT2D eigenvalue weighted by Gasteiger charge is 2.81. The molecule has 1 aromatic carbocycles. The van der Waals surface area contributed by atoms with Crippen molar-refractivity contribution < 1.29 is 24.9 Å². The van der Waals surface area contributed by atoms with Crippen LogP contribution in [-0.4, -0.2) is 62.9 Å². The minimum atomic E-state index is -1.15. The Morgan fingerprint density at radius 2 is 2.00 bits per heavy atom. The first-order valence-corrected chi connectivity index (χ1v) is 9.75. The van der Waals surface area contributed by atoms with Crippen LogP contribution in [0.5, 0.6) is 5.75 Å².